The molecule has 0 aliphatic heterocycles. The first-order chi connectivity index (χ1) is 11.1. The lowest BCUT2D eigenvalue weighted by molar-refractivity contribution is 0.0398. The highest BCUT2D eigenvalue weighted by Gasteiger charge is 2.15. The lowest BCUT2D eigenvalue weighted by Crippen LogP contribution is -2.12. The molecule has 0 atom stereocenters. The fraction of sp³-hybridized carbons (Fsp3) is 0.222. The molecule has 0 unspecified atom stereocenters. The molecular weight excluding hydrogens is 296 g/mol. The van der Waals surface area contributed by atoms with E-state index in [0.29, 0.717) is 24.7 Å². The largest absolute Gasteiger partial charge is 0.494 e. The van der Waals surface area contributed by atoms with Crippen molar-refractivity contribution in [2.75, 3.05) is 13.2 Å². The van der Waals surface area contributed by atoms with Crippen molar-refractivity contribution in [3.63, 3.8) is 0 Å². The maximum absolute atomic E-state index is 12.0. The van der Waals surface area contributed by atoms with E-state index < -0.39 is 11.9 Å². The molecule has 5 nitrogen and oxygen atoms in total. The van der Waals surface area contributed by atoms with Gasteiger partial charge in [-0.3, -0.25) is 0 Å². The van der Waals surface area contributed by atoms with E-state index in [1.54, 1.807) is 48.5 Å². The molecule has 0 fully saturated rings. The smallest absolute Gasteiger partial charge is 0.346 e. The Kier molecular flexibility index (Phi) is 5.74. The van der Waals surface area contributed by atoms with Crippen LogP contribution in [-0.4, -0.2) is 25.2 Å². The topological polar surface area (TPSA) is 61.8 Å². The molecule has 0 aliphatic carbocycles. The molecule has 0 aromatic heterocycles. The minimum Gasteiger partial charge on any atom is -0.494 e. The van der Waals surface area contributed by atoms with E-state index in [-0.39, 0.29) is 11.1 Å². The van der Waals surface area contributed by atoms with E-state index in [9.17, 15) is 9.59 Å². The van der Waals surface area contributed by atoms with Gasteiger partial charge in [0.05, 0.1) is 24.3 Å². The molecule has 0 aliphatic rings. The van der Waals surface area contributed by atoms with E-state index >= 15 is 0 Å². The van der Waals surface area contributed by atoms with Gasteiger partial charge in [-0.25, -0.2) is 9.59 Å². The average molecular weight is 314 g/mol. The molecular formula is C18H18O5. The van der Waals surface area contributed by atoms with Crippen LogP contribution in [-0.2, 0) is 4.74 Å². The van der Waals surface area contributed by atoms with Gasteiger partial charge in [-0.15, -0.1) is 0 Å². The quantitative estimate of drug-likeness (QED) is 0.603. The Labute approximate surface area is 134 Å². The lowest BCUT2D eigenvalue weighted by atomic mass is 10.2. The normalized spacial score (nSPS) is 10.0. The predicted molar refractivity (Wildman–Crippen MR) is 85.0 cm³/mol. The summed E-state index contributed by atoms with van der Waals surface area (Å²) >= 11 is 0. The highest BCUT2D eigenvalue weighted by atomic mass is 16.6. The number of carbonyl (C=O) groups excluding carboxylic acids is 2. The number of esters is 2. The first-order valence-corrected chi connectivity index (χ1v) is 7.36. The van der Waals surface area contributed by atoms with Crippen LogP contribution in [0.25, 0.3) is 0 Å². The van der Waals surface area contributed by atoms with Crippen molar-refractivity contribution in [3.05, 3.63) is 59.7 Å². The first kappa shape index (κ1) is 16.5. The van der Waals surface area contributed by atoms with Gasteiger partial charge in [0, 0.05) is 0 Å². The van der Waals surface area contributed by atoms with Crippen molar-refractivity contribution in [2.45, 2.75) is 13.8 Å². The highest BCUT2D eigenvalue weighted by molar-refractivity contribution is 6.02. The summed E-state index contributed by atoms with van der Waals surface area (Å²) in [4.78, 5) is 23.9. The van der Waals surface area contributed by atoms with Gasteiger partial charge in [-0.2, -0.15) is 0 Å². The van der Waals surface area contributed by atoms with Crippen molar-refractivity contribution in [3.8, 4) is 11.5 Å². The van der Waals surface area contributed by atoms with Gasteiger partial charge in [0.25, 0.3) is 0 Å². The van der Waals surface area contributed by atoms with Crippen molar-refractivity contribution >= 4 is 11.9 Å². The molecule has 0 amide bonds. The molecule has 0 N–H and O–H groups in total. The van der Waals surface area contributed by atoms with Crippen LogP contribution in [0.2, 0.25) is 0 Å². The van der Waals surface area contributed by atoms with Crippen LogP contribution in [0, 0.1) is 0 Å². The summed E-state index contributed by atoms with van der Waals surface area (Å²) in [5.74, 6) is -0.0948. The van der Waals surface area contributed by atoms with Crippen molar-refractivity contribution in [2.24, 2.45) is 0 Å². The van der Waals surface area contributed by atoms with Crippen LogP contribution in [0.1, 0.15) is 34.6 Å². The van der Waals surface area contributed by atoms with Gasteiger partial charge in [-0.1, -0.05) is 0 Å². The van der Waals surface area contributed by atoms with E-state index in [0.717, 1.165) is 0 Å². The zero-order valence-electron chi connectivity index (χ0n) is 13.1. The van der Waals surface area contributed by atoms with Gasteiger partial charge in [-0.05, 0) is 62.4 Å². The van der Waals surface area contributed by atoms with Crippen molar-refractivity contribution in [1.82, 2.24) is 0 Å². The van der Waals surface area contributed by atoms with Gasteiger partial charge in [0.15, 0.2) is 0 Å². The summed E-state index contributed by atoms with van der Waals surface area (Å²) < 4.78 is 15.4. The SMILES string of the molecule is CCOc1ccc(C(=O)OC(=O)c2ccc(OCC)cc2)cc1. The second-order valence-corrected chi connectivity index (χ2v) is 4.59. The molecule has 0 saturated carbocycles. The van der Waals surface area contributed by atoms with Crippen molar-refractivity contribution in [1.29, 1.82) is 0 Å². The molecule has 5 heteroatoms. The summed E-state index contributed by atoms with van der Waals surface area (Å²) in [5, 5.41) is 0. The number of benzene rings is 2. The molecule has 2 aromatic rings. The number of carbonyl (C=O) groups is 2. The van der Waals surface area contributed by atoms with Crippen LogP contribution in [0.4, 0.5) is 0 Å². The van der Waals surface area contributed by atoms with E-state index in [1.807, 2.05) is 13.8 Å². The second-order valence-electron chi connectivity index (χ2n) is 4.59. The summed E-state index contributed by atoms with van der Waals surface area (Å²) in [7, 11) is 0. The second kappa shape index (κ2) is 7.98. The van der Waals surface area contributed by atoms with Crippen LogP contribution in [0.15, 0.2) is 48.5 Å². The standard InChI is InChI=1S/C18H18O5/c1-3-21-15-9-5-13(6-10-15)17(19)23-18(20)14-7-11-16(12-8-14)22-4-2/h5-12H,3-4H2,1-2H3. The van der Waals surface area contributed by atoms with Crippen LogP contribution < -0.4 is 9.47 Å². The van der Waals surface area contributed by atoms with E-state index in [1.165, 1.54) is 0 Å². The maximum atomic E-state index is 12.0. The summed E-state index contributed by atoms with van der Waals surface area (Å²) in [6.45, 7) is 4.83. The Morgan fingerprint density at radius 2 is 1.04 bits per heavy atom. The Bertz CT molecular complexity index is 599. The third-order valence-electron chi connectivity index (χ3n) is 2.99. The monoisotopic (exact) mass is 314 g/mol. The molecule has 23 heavy (non-hydrogen) atoms. The summed E-state index contributed by atoms with van der Waals surface area (Å²) in [5.41, 5.74) is 0.570. The highest BCUT2D eigenvalue weighted by Crippen LogP contribution is 2.15. The molecule has 120 valence electrons. The lowest BCUT2D eigenvalue weighted by Gasteiger charge is -2.06. The Hall–Kier alpha value is -2.82. The number of ether oxygens (including phenoxy) is 3. The number of hydrogen-bond donors (Lipinski definition) is 0. The zero-order chi connectivity index (χ0) is 16.7. The van der Waals surface area contributed by atoms with E-state index in [2.05, 4.69) is 0 Å². The van der Waals surface area contributed by atoms with Crippen LogP contribution >= 0.6 is 0 Å². The molecule has 2 aromatic carbocycles. The molecule has 0 radical (unpaired) electrons. The molecule has 2 rings (SSSR count). The minimum absolute atomic E-state index is 0.285. The average Bonchev–Trinajstić information content (AvgIpc) is 2.56. The molecule has 0 spiro atoms. The number of rotatable bonds is 6. The van der Waals surface area contributed by atoms with Crippen LogP contribution in [0.3, 0.4) is 0 Å². The summed E-state index contributed by atoms with van der Waals surface area (Å²) in [6.07, 6.45) is 0. The fourth-order valence-electron chi connectivity index (χ4n) is 1.91. The number of hydrogen-bond acceptors (Lipinski definition) is 5. The Morgan fingerprint density at radius 1 is 0.696 bits per heavy atom. The molecule has 0 bridgehead atoms. The third-order valence-corrected chi connectivity index (χ3v) is 2.99. The van der Waals surface area contributed by atoms with Gasteiger partial charge in [0.2, 0.25) is 0 Å². The minimum atomic E-state index is -0.702. The van der Waals surface area contributed by atoms with Gasteiger partial charge in [0.1, 0.15) is 11.5 Å². The Balaban J connectivity index is 1.99. The molecule has 0 saturated heterocycles. The molecule has 0 heterocycles. The Morgan fingerprint density at radius 3 is 1.35 bits per heavy atom. The van der Waals surface area contributed by atoms with Crippen LogP contribution in [0.5, 0.6) is 11.5 Å². The third kappa shape index (κ3) is 4.57. The predicted octanol–water partition coefficient (Wildman–Crippen LogP) is 3.48. The van der Waals surface area contributed by atoms with Gasteiger partial charge >= 0.3 is 11.9 Å². The summed E-state index contributed by atoms with van der Waals surface area (Å²) in [6, 6.07) is 12.8. The first-order valence-electron chi connectivity index (χ1n) is 7.36. The van der Waals surface area contributed by atoms with Gasteiger partial charge < -0.3 is 14.2 Å². The maximum Gasteiger partial charge on any atom is 0.346 e. The zero-order valence-corrected chi connectivity index (χ0v) is 13.1. The van der Waals surface area contributed by atoms with Crippen molar-refractivity contribution < 1.29 is 23.8 Å². The van der Waals surface area contributed by atoms with E-state index in [4.69, 9.17) is 14.2 Å². The fourth-order valence-corrected chi connectivity index (χ4v) is 1.91.